The van der Waals surface area contributed by atoms with E-state index < -0.39 is 0 Å². The van der Waals surface area contributed by atoms with Gasteiger partial charge >= 0.3 is 0 Å². The van der Waals surface area contributed by atoms with Crippen molar-refractivity contribution in [1.82, 2.24) is 10.3 Å². The number of phenols is 1. The Labute approximate surface area is 119 Å². The molecule has 0 aliphatic heterocycles. The summed E-state index contributed by atoms with van der Waals surface area (Å²) in [6, 6.07) is 9.25. The summed E-state index contributed by atoms with van der Waals surface area (Å²) in [5, 5.41) is 13.3. The fourth-order valence-electron chi connectivity index (χ4n) is 2.08. The van der Waals surface area contributed by atoms with Crippen LogP contribution in [0, 0.1) is 6.92 Å². The first-order valence-electron chi connectivity index (χ1n) is 6.62. The molecule has 0 amide bonds. The highest BCUT2D eigenvalue weighted by atomic mass is 16.5. The maximum atomic E-state index is 9.94. The zero-order valence-corrected chi connectivity index (χ0v) is 12.1. The third kappa shape index (κ3) is 3.27. The van der Waals surface area contributed by atoms with Crippen LogP contribution in [0.3, 0.4) is 0 Å². The Morgan fingerprint density at radius 1 is 1.35 bits per heavy atom. The van der Waals surface area contributed by atoms with Gasteiger partial charge in [0.05, 0.1) is 7.11 Å². The molecule has 0 bridgehead atoms. The topological polar surface area (TPSA) is 54.4 Å². The summed E-state index contributed by atoms with van der Waals surface area (Å²) in [5.41, 5.74) is 3.00. The van der Waals surface area contributed by atoms with Crippen LogP contribution in [-0.4, -0.2) is 17.2 Å². The molecule has 106 valence electrons. The molecule has 4 nitrogen and oxygen atoms in total. The Morgan fingerprint density at radius 3 is 2.85 bits per heavy atom. The van der Waals surface area contributed by atoms with Gasteiger partial charge in [-0.05, 0) is 43.7 Å². The lowest BCUT2D eigenvalue weighted by Crippen LogP contribution is -2.19. The Kier molecular flexibility index (Phi) is 4.58. The average molecular weight is 272 g/mol. The number of nitrogens with zero attached hydrogens (tertiary/aromatic N) is 1. The Hall–Kier alpha value is -2.07. The summed E-state index contributed by atoms with van der Waals surface area (Å²) in [5.74, 6) is 1.01. The number of aryl methyl sites for hydroxylation is 1. The van der Waals surface area contributed by atoms with Crippen LogP contribution in [0.25, 0.3) is 0 Å². The summed E-state index contributed by atoms with van der Waals surface area (Å²) >= 11 is 0. The summed E-state index contributed by atoms with van der Waals surface area (Å²) in [4.78, 5) is 4.27. The molecule has 1 heterocycles. The van der Waals surface area contributed by atoms with Gasteiger partial charge in [-0.1, -0.05) is 6.07 Å². The van der Waals surface area contributed by atoms with Crippen molar-refractivity contribution in [2.24, 2.45) is 0 Å². The number of rotatable bonds is 5. The molecule has 1 aromatic heterocycles. The minimum Gasteiger partial charge on any atom is -0.508 e. The molecule has 0 aliphatic carbocycles. The summed E-state index contributed by atoms with van der Waals surface area (Å²) < 4.78 is 5.19. The van der Waals surface area contributed by atoms with Crippen LogP contribution in [0.5, 0.6) is 11.5 Å². The van der Waals surface area contributed by atoms with Crippen molar-refractivity contribution >= 4 is 0 Å². The number of ether oxygens (including phenoxy) is 1. The van der Waals surface area contributed by atoms with Crippen LogP contribution in [0.15, 0.2) is 36.5 Å². The zero-order valence-electron chi connectivity index (χ0n) is 12.1. The van der Waals surface area contributed by atoms with E-state index >= 15 is 0 Å². The number of aromatic nitrogens is 1. The second-order valence-corrected chi connectivity index (χ2v) is 4.78. The van der Waals surface area contributed by atoms with Crippen molar-refractivity contribution in [2.75, 3.05) is 7.11 Å². The van der Waals surface area contributed by atoms with Crippen molar-refractivity contribution in [3.8, 4) is 11.5 Å². The number of benzene rings is 1. The molecule has 2 N–H and O–H groups in total. The molecule has 0 spiro atoms. The molecule has 0 aliphatic rings. The van der Waals surface area contributed by atoms with Gasteiger partial charge in [-0.3, -0.25) is 4.98 Å². The highest BCUT2D eigenvalue weighted by molar-refractivity contribution is 5.41. The van der Waals surface area contributed by atoms with Gasteiger partial charge in [0.15, 0.2) is 0 Å². The summed E-state index contributed by atoms with van der Waals surface area (Å²) in [6.07, 6.45) is 1.79. The van der Waals surface area contributed by atoms with Crippen molar-refractivity contribution < 1.29 is 9.84 Å². The van der Waals surface area contributed by atoms with Gasteiger partial charge in [0.2, 0.25) is 0 Å². The van der Waals surface area contributed by atoms with Crippen LogP contribution in [0.4, 0.5) is 0 Å². The van der Waals surface area contributed by atoms with Crippen molar-refractivity contribution in [2.45, 2.75) is 26.4 Å². The highest BCUT2D eigenvalue weighted by Crippen LogP contribution is 2.28. The van der Waals surface area contributed by atoms with Gasteiger partial charge in [0.1, 0.15) is 11.5 Å². The minimum absolute atomic E-state index is 0.0182. The second-order valence-electron chi connectivity index (χ2n) is 4.78. The lowest BCUT2D eigenvalue weighted by Gasteiger charge is -2.17. The van der Waals surface area contributed by atoms with E-state index in [1.54, 1.807) is 25.4 Å². The standard InChI is InChI=1S/C16H20N2O2/c1-11-13(5-4-8-17-11)10-18-12(2)15-9-14(20-3)6-7-16(15)19/h4-9,12,18-19H,10H2,1-3H3. The zero-order chi connectivity index (χ0) is 14.5. The number of hydrogen-bond acceptors (Lipinski definition) is 4. The van der Waals surface area contributed by atoms with E-state index in [9.17, 15) is 5.11 Å². The second kappa shape index (κ2) is 6.39. The monoisotopic (exact) mass is 272 g/mol. The van der Waals surface area contributed by atoms with Crippen molar-refractivity contribution in [3.63, 3.8) is 0 Å². The molecule has 1 unspecified atom stereocenters. The largest absolute Gasteiger partial charge is 0.508 e. The van der Waals surface area contributed by atoms with Gasteiger partial charge < -0.3 is 15.2 Å². The maximum absolute atomic E-state index is 9.94. The molecule has 20 heavy (non-hydrogen) atoms. The highest BCUT2D eigenvalue weighted by Gasteiger charge is 2.11. The number of nitrogens with one attached hydrogen (secondary N) is 1. The number of methoxy groups -OCH3 is 1. The van der Waals surface area contributed by atoms with Gasteiger partial charge in [0.25, 0.3) is 0 Å². The third-order valence-corrected chi connectivity index (χ3v) is 3.42. The van der Waals surface area contributed by atoms with Gasteiger partial charge in [0, 0.05) is 30.0 Å². The quantitative estimate of drug-likeness (QED) is 0.878. The molecule has 2 rings (SSSR count). The Morgan fingerprint density at radius 2 is 2.15 bits per heavy atom. The van der Waals surface area contributed by atoms with E-state index in [1.165, 1.54) is 0 Å². The Bertz CT molecular complexity index is 584. The number of aromatic hydroxyl groups is 1. The number of pyridine rings is 1. The van der Waals surface area contributed by atoms with Crippen molar-refractivity contribution in [3.05, 3.63) is 53.3 Å². The van der Waals surface area contributed by atoms with Crippen LogP contribution in [0.2, 0.25) is 0 Å². The predicted octanol–water partition coefficient (Wildman–Crippen LogP) is 2.96. The molecule has 4 heteroatoms. The molecule has 1 atom stereocenters. The Balaban J connectivity index is 2.09. The molecule has 0 fully saturated rings. The number of hydrogen-bond donors (Lipinski definition) is 2. The van der Waals surface area contributed by atoms with E-state index in [1.807, 2.05) is 32.0 Å². The summed E-state index contributed by atoms with van der Waals surface area (Å²) in [6.45, 7) is 4.71. The van der Waals surface area contributed by atoms with E-state index in [0.717, 1.165) is 22.6 Å². The molecule has 0 saturated carbocycles. The van der Waals surface area contributed by atoms with Gasteiger partial charge in [-0.15, -0.1) is 0 Å². The predicted molar refractivity (Wildman–Crippen MR) is 78.9 cm³/mol. The van der Waals surface area contributed by atoms with Crippen molar-refractivity contribution in [1.29, 1.82) is 0 Å². The van der Waals surface area contributed by atoms with Crippen LogP contribution < -0.4 is 10.1 Å². The van der Waals surface area contributed by atoms with E-state index in [4.69, 9.17) is 4.74 Å². The minimum atomic E-state index is 0.0182. The molecule has 0 saturated heterocycles. The van der Waals surface area contributed by atoms with Crippen LogP contribution in [0.1, 0.15) is 29.8 Å². The third-order valence-electron chi connectivity index (χ3n) is 3.42. The molecular formula is C16H20N2O2. The molecular weight excluding hydrogens is 252 g/mol. The first-order chi connectivity index (χ1) is 9.61. The van der Waals surface area contributed by atoms with Gasteiger partial charge in [-0.25, -0.2) is 0 Å². The van der Waals surface area contributed by atoms with Crippen LogP contribution >= 0.6 is 0 Å². The van der Waals surface area contributed by atoms with E-state index in [2.05, 4.69) is 10.3 Å². The maximum Gasteiger partial charge on any atom is 0.120 e. The average Bonchev–Trinajstić information content (AvgIpc) is 2.46. The number of phenolic OH excluding ortho intramolecular Hbond substituents is 1. The lowest BCUT2D eigenvalue weighted by atomic mass is 10.1. The smallest absolute Gasteiger partial charge is 0.120 e. The lowest BCUT2D eigenvalue weighted by molar-refractivity contribution is 0.407. The fraction of sp³-hybridized carbons (Fsp3) is 0.312. The summed E-state index contributed by atoms with van der Waals surface area (Å²) in [7, 11) is 1.62. The van der Waals surface area contributed by atoms with Gasteiger partial charge in [-0.2, -0.15) is 0 Å². The van der Waals surface area contributed by atoms with Crippen LogP contribution in [-0.2, 0) is 6.54 Å². The first kappa shape index (κ1) is 14.3. The molecule has 1 aromatic carbocycles. The van der Waals surface area contributed by atoms with E-state index in [-0.39, 0.29) is 11.8 Å². The normalized spacial score (nSPS) is 12.2. The molecule has 2 aromatic rings. The fourth-order valence-corrected chi connectivity index (χ4v) is 2.08. The molecule has 0 radical (unpaired) electrons. The SMILES string of the molecule is COc1ccc(O)c(C(C)NCc2cccnc2C)c1. The first-order valence-corrected chi connectivity index (χ1v) is 6.62. The van der Waals surface area contributed by atoms with E-state index in [0.29, 0.717) is 6.54 Å².